The monoisotopic (exact) mass is 254 g/mol. The third kappa shape index (κ3) is 3.19. The number of amidine groups is 1. The second kappa shape index (κ2) is 5.50. The SMILES string of the molecule is NC(=Nc1ccc(F)c(Cl)c1)C1CCCCC1. The van der Waals surface area contributed by atoms with Crippen LogP contribution < -0.4 is 5.73 Å². The molecule has 1 aliphatic carbocycles. The van der Waals surface area contributed by atoms with Crippen LogP contribution in [0, 0.1) is 11.7 Å². The molecule has 0 amide bonds. The number of nitrogens with zero attached hydrogens (tertiary/aromatic N) is 1. The summed E-state index contributed by atoms with van der Waals surface area (Å²) in [6.45, 7) is 0. The molecule has 17 heavy (non-hydrogen) atoms. The van der Waals surface area contributed by atoms with Gasteiger partial charge < -0.3 is 5.73 Å². The van der Waals surface area contributed by atoms with E-state index in [9.17, 15) is 4.39 Å². The molecular formula is C13H16ClFN2. The van der Waals surface area contributed by atoms with Crippen molar-refractivity contribution in [3.05, 3.63) is 29.0 Å². The fourth-order valence-corrected chi connectivity index (χ4v) is 2.37. The largest absolute Gasteiger partial charge is 0.387 e. The topological polar surface area (TPSA) is 38.4 Å². The summed E-state index contributed by atoms with van der Waals surface area (Å²) in [7, 11) is 0. The minimum Gasteiger partial charge on any atom is -0.387 e. The van der Waals surface area contributed by atoms with Gasteiger partial charge in [0.2, 0.25) is 0 Å². The Morgan fingerprint density at radius 2 is 2.00 bits per heavy atom. The van der Waals surface area contributed by atoms with Crippen molar-refractivity contribution in [3.63, 3.8) is 0 Å². The van der Waals surface area contributed by atoms with Gasteiger partial charge in [-0.3, -0.25) is 0 Å². The summed E-state index contributed by atoms with van der Waals surface area (Å²) < 4.78 is 13.0. The van der Waals surface area contributed by atoms with Gasteiger partial charge in [0.25, 0.3) is 0 Å². The van der Waals surface area contributed by atoms with Crippen molar-refractivity contribution in [1.82, 2.24) is 0 Å². The summed E-state index contributed by atoms with van der Waals surface area (Å²) >= 11 is 5.70. The smallest absolute Gasteiger partial charge is 0.141 e. The second-order valence-electron chi connectivity index (χ2n) is 4.47. The molecule has 1 aromatic rings. The Balaban J connectivity index is 2.13. The maximum atomic E-state index is 13.0. The lowest BCUT2D eigenvalue weighted by Crippen LogP contribution is -2.25. The van der Waals surface area contributed by atoms with Crippen LogP contribution in [0.15, 0.2) is 23.2 Å². The van der Waals surface area contributed by atoms with Crippen LogP contribution in [0.3, 0.4) is 0 Å². The average Bonchev–Trinajstić information content (AvgIpc) is 2.35. The van der Waals surface area contributed by atoms with E-state index < -0.39 is 5.82 Å². The second-order valence-corrected chi connectivity index (χ2v) is 4.88. The van der Waals surface area contributed by atoms with Crippen molar-refractivity contribution in [2.75, 3.05) is 0 Å². The first-order valence-corrected chi connectivity index (χ1v) is 6.34. The van der Waals surface area contributed by atoms with E-state index in [4.69, 9.17) is 17.3 Å². The lowest BCUT2D eigenvalue weighted by Gasteiger charge is -2.20. The Morgan fingerprint density at radius 1 is 1.29 bits per heavy atom. The van der Waals surface area contributed by atoms with E-state index in [0.29, 0.717) is 17.4 Å². The summed E-state index contributed by atoms with van der Waals surface area (Å²) in [6, 6.07) is 4.42. The van der Waals surface area contributed by atoms with Crippen LogP contribution in [0.1, 0.15) is 32.1 Å². The van der Waals surface area contributed by atoms with Crippen LogP contribution >= 0.6 is 11.6 Å². The summed E-state index contributed by atoms with van der Waals surface area (Å²) in [5.74, 6) is 0.585. The highest BCUT2D eigenvalue weighted by Crippen LogP contribution is 2.26. The summed E-state index contributed by atoms with van der Waals surface area (Å²) in [5.41, 5.74) is 6.61. The van der Waals surface area contributed by atoms with Gasteiger partial charge in [-0.15, -0.1) is 0 Å². The molecule has 0 saturated heterocycles. The maximum absolute atomic E-state index is 13.0. The molecular weight excluding hydrogens is 239 g/mol. The lowest BCUT2D eigenvalue weighted by molar-refractivity contribution is 0.437. The highest BCUT2D eigenvalue weighted by molar-refractivity contribution is 6.31. The highest BCUT2D eigenvalue weighted by Gasteiger charge is 2.16. The van der Waals surface area contributed by atoms with Crippen LogP contribution in [-0.4, -0.2) is 5.84 Å². The maximum Gasteiger partial charge on any atom is 0.141 e. The van der Waals surface area contributed by atoms with Crippen LogP contribution in [0.2, 0.25) is 5.02 Å². The van der Waals surface area contributed by atoms with Gasteiger partial charge in [-0.05, 0) is 31.0 Å². The molecule has 2 rings (SSSR count). The molecule has 1 aliphatic rings. The van der Waals surface area contributed by atoms with Gasteiger partial charge >= 0.3 is 0 Å². The molecule has 0 aromatic heterocycles. The fourth-order valence-electron chi connectivity index (χ4n) is 2.19. The minimum atomic E-state index is -0.429. The zero-order chi connectivity index (χ0) is 12.3. The van der Waals surface area contributed by atoms with Crippen molar-refractivity contribution >= 4 is 23.1 Å². The molecule has 0 aliphatic heterocycles. The molecule has 0 bridgehead atoms. The van der Waals surface area contributed by atoms with Crippen molar-refractivity contribution in [3.8, 4) is 0 Å². The number of benzene rings is 1. The van der Waals surface area contributed by atoms with E-state index in [1.807, 2.05) is 0 Å². The Morgan fingerprint density at radius 3 is 2.65 bits per heavy atom. The third-order valence-corrected chi connectivity index (χ3v) is 3.47. The lowest BCUT2D eigenvalue weighted by atomic mass is 9.88. The zero-order valence-corrected chi connectivity index (χ0v) is 10.4. The predicted molar refractivity (Wildman–Crippen MR) is 69.3 cm³/mol. The molecule has 2 N–H and O–H groups in total. The summed E-state index contributed by atoms with van der Waals surface area (Å²) in [6.07, 6.45) is 5.91. The molecule has 0 atom stereocenters. The molecule has 4 heteroatoms. The van der Waals surface area contributed by atoms with Gasteiger partial charge in [0, 0.05) is 5.92 Å². The van der Waals surface area contributed by atoms with Crippen molar-refractivity contribution in [2.45, 2.75) is 32.1 Å². The standard InChI is InChI=1S/C13H16ClFN2/c14-11-8-10(6-7-12(11)15)17-13(16)9-4-2-1-3-5-9/h6-9H,1-5H2,(H2,16,17). The Labute approximate surface area is 106 Å². The number of hydrogen-bond donors (Lipinski definition) is 1. The molecule has 0 unspecified atom stereocenters. The van der Waals surface area contributed by atoms with E-state index in [-0.39, 0.29) is 5.02 Å². The molecule has 0 radical (unpaired) electrons. The number of hydrogen-bond acceptors (Lipinski definition) is 1. The van der Waals surface area contributed by atoms with E-state index in [1.165, 1.54) is 31.4 Å². The number of rotatable bonds is 2. The molecule has 1 fully saturated rings. The zero-order valence-electron chi connectivity index (χ0n) is 9.63. The molecule has 1 aromatic carbocycles. The average molecular weight is 255 g/mol. The number of halogens is 2. The predicted octanol–water partition coefficient (Wildman–Crippen LogP) is 4.05. The van der Waals surface area contributed by atoms with Crippen LogP contribution in [0.25, 0.3) is 0 Å². The third-order valence-electron chi connectivity index (χ3n) is 3.18. The van der Waals surface area contributed by atoms with Gasteiger partial charge in [0.15, 0.2) is 0 Å². The summed E-state index contributed by atoms with van der Waals surface area (Å²) in [5, 5.41) is 0.0858. The minimum absolute atomic E-state index is 0.0858. The Kier molecular flexibility index (Phi) is 4.00. The van der Waals surface area contributed by atoms with Crippen LogP contribution in [0.5, 0.6) is 0 Å². The van der Waals surface area contributed by atoms with Crippen LogP contribution in [0.4, 0.5) is 10.1 Å². The van der Waals surface area contributed by atoms with E-state index in [0.717, 1.165) is 12.8 Å². The molecule has 1 saturated carbocycles. The van der Waals surface area contributed by atoms with Gasteiger partial charge in [-0.25, -0.2) is 9.38 Å². The fraction of sp³-hybridized carbons (Fsp3) is 0.462. The van der Waals surface area contributed by atoms with E-state index in [2.05, 4.69) is 4.99 Å². The first-order chi connectivity index (χ1) is 8.16. The molecule has 2 nitrogen and oxygen atoms in total. The molecule has 0 heterocycles. The number of aliphatic imine (C=N–C) groups is 1. The molecule has 92 valence electrons. The van der Waals surface area contributed by atoms with Crippen molar-refractivity contribution in [2.24, 2.45) is 16.6 Å². The van der Waals surface area contributed by atoms with Gasteiger partial charge in [-0.1, -0.05) is 30.9 Å². The van der Waals surface area contributed by atoms with Crippen LogP contribution in [-0.2, 0) is 0 Å². The van der Waals surface area contributed by atoms with Crippen molar-refractivity contribution in [1.29, 1.82) is 0 Å². The highest BCUT2D eigenvalue weighted by atomic mass is 35.5. The Hall–Kier alpha value is -1.09. The van der Waals surface area contributed by atoms with E-state index in [1.54, 1.807) is 6.07 Å². The number of nitrogens with two attached hydrogens (primary N) is 1. The van der Waals surface area contributed by atoms with Crippen molar-refractivity contribution < 1.29 is 4.39 Å². The first-order valence-electron chi connectivity index (χ1n) is 5.96. The molecule has 0 spiro atoms. The first kappa shape index (κ1) is 12.4. The van der Waals surface area contributed by atoms with Gasteiger partial charge in [0.05, 0.1) is 10.7 Å². The Bertz CT molecular complexity index is 425. The quantitative estimate of drug-likeness (QED) is 0.628. The normalized spacial score (nSPS) is 18.4. The van der Waals surface area contributed by atoms with Gasteiger partial charge in [0.1, 0.15) is 11.7 Å². The summed E-state index contributed by atoms with van der Waals surface area (Å²) in [4.78, 5) is 4.33. The van der Waals surface area contributed by atoms with E-state index >= 15 is 0 Å². The van der Waals surface area contributed by atoms with Gasteiger partial charge in [-0.2, -0.15) is 0 Å².